The van der Waals surface area contributed by atoms with Crippen LogP contribution in [0.4, 0.5) is 0 Å². The van der Waals surface area contributed by atoms with Crippen LogP contribution < -0.4 is 0 Å². The maximum absolute atomic E-state index is 12.7. The highest BCUT2D eigenvalue weighted by Crippen LogP contribution is 2.14. The van der Waals surface area contributed by atoms with Crippen molar-refractivity contribution in [1.82, 2.24) is 0 Å². The van der Waals surface area contributed by atoms with Gasteiger partial charge >= 0.3 is 17.9 Å². The molecule has 0 spiro atoms. The molecule has 1 atom stereocenters. The summed E-state index contributed by atoms with van der Waals surface area (Å²) in [5.74, 6) is -0.893. The molecule has 0 saturated carbocycles. The summed E-state index contributed by atoms with van der Waals surface area (Å²) >= 11 is 0. The molecular formula is C51H92O6. The fourth-order valence-electron chi connectivity index (χ4n) is 6.88. The van der Waals surface area contributed by atoms with Gasteiger partial charge in [0, 0.05) is 19.3 Å². The van der Waals surface area contributed by atoms with Crippen molar-refractivity contribution in [3.8, 4) is 0 Å². The van der Waals surface area contributed by atoms with Gasteiger partial charge in [-0.25, -0.2) is 0 Å². The van der Waals surface area contributed by atoms with Crippen molar-refractivity contribution in [3.05, 3.63) is 36.5 Å². The summed E-state index contributed by atoms with van der Waals surface area (Å²) in [6, 6.07) is 0. The Labute approximate surface area is 353 Å². The van der Waals surface area contributed by atoms with E-state index in [9.17, 15) is 14.4 Å². The lowest BCUT2D eigenvalue weighted by atomic mass is 10.1. The van der Waals surface area contributed by atoms with Crippen molar-refractivity contribution in [1.29, 1.82) is 0 Å². The van der Waals surface area contributed by atoms with E-state index in [2.05, 4.69) is 57.2 Å². The largest absolute Gasteiger partial charge is 0.462 e. The summed E-state index contributed by atoms with van der Waals surface area (Å²) in [5.41, 5.74) is 0. The van der Waals surface area contributed by atoms with Crippen LogP contribution >= 0.6 is 0 Å². The summed E-state index contributed by atoms with van der Waals surface area (Å²) in [6.07, 6.45) is 52.7. The average molecular weight is 801 g/mol. The van der Waals surface area contributed by atoms with Crippen molar-refractivity contribution in [3.63, 3.8) is 0 Å². The molecule has 0 aromatic carbocycles. The van der Waals surface area contributed by atoms with E-state index >= 15 is 0 Å². The Morgan fingerprint density at radius 1 is 0.351 bits per heavy atom. The van der Waals surface area contributed by atoms with Crippen LogP contribution in [0.25, 0.3) is 0 Å². The van der Waals surface area contributed by atoms with Crippen molar-refractivity contribution in [2.45, 2.75) is 258 Å². The summed E-state index contributed by atoms with van der Waals surface area (Å²) < 4.78 is 16.7. The first kappa shape index (κ1) is 54.6. The van der Waals surface area contributed by atoms with E-state index in [-0.39, 0.29) is 31.1 Å². The average Bonchev–Trinajstić information content (AvgIpc) is 3.21. The van der Waals surface area contributed by atoms with E-state index < -0.39 is 6.10 Å². The second-order valence-corrected chi connectivity index (χ2v) is 16.4. The van der Waals surface area contributed by atoms with Gasteiger partial charge < -0.3 is 14.2 Å². The van der Waals surface area contributed by atoms with Gasteiger partial charge in [0.05, 0.1) is 0 Å². The van der Waals surface area contributed by atoms with Crippen molar-refractivity contribution >= 4 is 17.9 Å². The minimum atomic E-state index is -0.774. The van der Waals surface area contributed by atoms with Gasteiger partial charge in [-0.15, -0.1) is 0 Å². The highest BCUT2D eigenvalue weighted by atomic mass is 16.6. The molecule has 0 aromatic rings. The molecular weight excluding hydrogens is 709 g/mol. The predicted octanol–water partition coefficient (Wildman–Crippen LogP) is 15.8. The zero-order chi connectivity index (χ0) is 41.5. The van der Waals surface area contributed by atoms with Gasteiger partial charge in [-0.2, -0.15) is 0 Å². The third-order valence-electron chi connectivity index (χ3n) is 10.6. The SMILES string of the molecule is CCCCCC/C=C\C/C=C\CCCCCCCCCC(=O)OCC(COC(=O)CCCCCCCCCC)OC(=O)CCCCCCC/C=C\CCCCCC. The summed E-state index contributed by atoms with van der Waals surface area (Å²) in [4.78, 5) is 37.7. The molecule has 0 radical (unpaired) electrons. The minimum absolute atomic E-state index is 0.0764. The van der Waals surface area contributed by atoms with Gasteiger partial charge in [-0.1, -0.05) is 192 Å². The van der Waals surface area contributed by atoms with E-state index in [1.54, 1.807) is 0 Å². The van der Waals surface area contributed by atoms with Crippen LogP contribution in [0.1, 0.15) is 252 Å². The number of carbonyl (C=O) groups is 3. The topological polar surface area (TPSA) is 78.9 Å². The molecule has 0 aliphatic carbocycles. The molecule has 0 rings (SSSR count). The number of hydrogen-bond acceptors (Lipinski definition) is 6. The Bertz CT molecular complexity index is 969. The van der Waals surface area contributed by atoms with E-state index in [1.165, 1.54) is 128 Å². The van der Waals surface area contributed by atoms with Gasteiger partial charge in [0.2, 0.25) is 0 Å². The quantitative estimate of drug-likeness (QED) is 0.0264. The third kappa shape index (κ3) is 44.6. The lowest BCUT2D eigenvalue weighted by Gasteiger charge is -2.18. The molecule has 6 nitrogen and oxygen atoms in total. The maximum atomic E-state index is 12.7. The van der Waals surface area contributed by atoms with E-state index in [0.717, 1.165) is 83.5 Å². The first-order valence-electron chi connectivity index (χ1n) is 24.5. The first-order valence-corrected chi connectivity index (χ1v) is 24.5. The second kappa shape index (κ2) is 46.3. The van der Waals surface area contributed by atoms with Crippen LogP contribution in [0.3, 0.4) is 0 Å². The third-order valence-corrected chi connectivity index (χ3v) is 10.6. The molecule has 1 unspecified atom stereocenters. The molecule has 0 amide bonds. The molecule has 0 N–H and O–H groups in total. The molecule has 6 heteroatoms. The smallest absolute Gasteiger partial charge is 0.306 e. The lowest BCUT2D eigenvalue weighted by Crippen LogP contribution is -2.30. The highest BCUT2D eigenvalue weighted by Gasteiger charge is 2.19. The molecule has 57 heavy (non-hydrogen) atoms. The van der Waals surface area contributed by atoms with Gasteiger partial charge in [-0.05, 0) is 77.0 Å². The normalized spacial score (nSPS) is 12.3. The number of unbranched alkanes of at least 4 members (excludes halogenated alkanes) is 27. The predicted molar refractivity (Wildman–Crippen MR) is 242 cm³/mol. The van der Waals surface area contributed by atoms with Gasteiger partial charge in [0.15, 0.2) is 6.10 Å². The van der Waals surface area contributed by atoms with Crippen LogP contribution in [-0.2, 0) is 28.6 Å². The summed E-state index contributed by atoms with van der Waals surface area (Å²) in [6.45, 7) is 6.57. The number of carbonyl (C=O) groups excluding carboxylic acids is 3. The Balaban J connectivity index is 4.30. The number of rotatable bonds is 44. The maximum Gasteiger partial charge on any atom is 0.306 e. The van der Waals surface area contributed by atoms with Gasteiger partial charge in [-0.3, -0.25) is 14.4 Å². The molecule has 0 saturated heterocycles. The standard InChI is InChI=1S/C51H92O6/c1-4-7-10-13-16-19-21-23-24-25-26-27-29-30-32-35-38-41-44-50(53)56-47-48(46-55-49(52)43-40-37-34-18-15-12-9-6-3)57-51(54)45-42-39-36-33-31-28-22-20-17-14-11-8-5-2/h19-22,24-25,48H,4-18,23,26-47H2,1-3H3/b21-19-,22-20-,25-24-. The van der Waals surface area contributed by atoms with Crippen LogP contribution in [0.15, 0.2) is 36.5 Å². The monoisotopic (exact) mass is 801 g/mol. The molecule has 0 bridgehead atoms. The van der Waals surface area contributed by atoms with Crippen LogP contribution in [0.2, 0.25) is 0 Å². The lowest BCUT2D eigenvalue weighted by molar-refractivity contribution is -0.167. The number of ether oxygens (including phenoxy) is 3. The zero-order valence-electron chi connectivity index (χ0n) is 37.9. The fraction of sp³-hybridized carbons (Fsp3) is 0.824. The van der Waals surface area contributed by atoms with Crippen molar-refractivity contribution in [2.24, 2.45) is 0 Å². The molecule has 0 heterocycles. The highest BCUT2D eigenvalue weighted by molar-refractivity contribution is 5.71. The Kier molecular flexibility index (Phi) is 44.4. The zero-order valence-corrected chi connectivity index (χ0v) is 37.9. The molecule has 0 fully saturated rings. The first-order chi connectivity index (χ1) is 28.0. The molecule has 0 aliphatic rings. The van der Waals surface area contributed by atoms with Crippen molar-refractivity contribution in [2.75, 3.05) is 13.2 Å². The fourth-order valence-corrected chi connectivity index (χ4v) is 6.88. The molecule has 0 aliphatic heterocycles. The van der Waals surface area contributed by atoms with Crippen molar-refractivity contribution < 1.29 is 28.6 Å². The summed E-state index contributed by atoms with van der Waals surface area (Å²) in [7, 11) is 0. The Morgan fingerprint density at radius 3 is 1.00 bits per heavy atom. The van der Waals surface area contributed by atoms with Gasteiger partial charge in [0.1, 0.15) is 13.2 Å². The molecule has 0 aromatic heterocycles. The van der Waals surface area contributed by atoms with Crippen LogP contribution in [0.5, 0.6) is 0 Å². The summed E-state index contributed by atoms with van der Waals surface area (Å²) in [5, 5.41) is 0. The van der Waals surface area contributed by atoms with Crippen LogP contribution in [0, 0.1) is 0 Å². The number of allylic oxidation sites excluding steroid dienone is 6. The second-order valence-electron chi connectivity index (χ2n) is 16.4. The Morgan fingerprint density at radius 2 is 0.632 bits per heavy atom. The van der Waals surface area contributed by atoms with Gasteiger partial charge in [0.25, 0.3) is 0 Å². The van der Waals surface area contributed by atoms with E-state index in [0.29, 0.717) is 19.3 Å². The number of hydrogen-bond donors (Lipinski definition) is 0. The minimum Gasteiger partial charge on any atom is -0.462 e. The molecule has 332 valence electrons. The Hall–Kier alpha value is -2.37. The van der Waals surface area contributed by atoms with E-state index in [1.807, 2.05) is 0 Å². The van der Waals surface area contributed by atoms with Crippen LogP contribution in [-0.4, -0.2) is 37.2 Å². The van der Waals surface area contributed by atoms with E-state index in [4.69, 9.17) is 14.2 Å². The number of esters is 3.